The van der Waals surface area contributed by atoms with E-state index in [2.05, 4.69) is 5.32 Å². The molecule has 0 aliphatic rings. The minimum absolute atomic E-state index is 0.450. The van der Waals surface area contributed by atoms with Crippen molar-refractivity contribution in [1.82, 2.24) is 5.32 Å². The zero-order valence-electron chi connectivity index (χ0n) is 14.8. The van der Waals surface area contributed by atoms with E-state index in [0.717, 1.165) is 11.1 Å². The van der Waals surface area contributed by atoms with Crippen LogP contribution < -0.4 is 5.32 Å². The predicted octanol–water partition coefficient (Wildman–Crippen LogP) is 3.71. The predicted molar refractivity (Wildman–Crippen MR) is 89.3 cm³/mol. The summed E-state index contributed by atoms with van der Waals surface area (Å²) in [6.45, 7) is 10.9. The number of hydrogen-bond donors (Lipinski definition) is 2. The first-order valence-corrected chi connectivity index (χ1v) is 7.74. The largest absolute Gasteiger partial charge is 0.481 e. The highest BCUT2D eigenvalue weighted by Gasteiger charge is 2.26. The second kappa shape index (κ2) is 7.02. The first kappa shape index (κ1) is 19.0. The number of carbonyl (C=O) groups is 2. The molecule has 2 N–H and O–H groups in total. The number of amides is 1. The van der Waals surface area contributed by atoms with Gasteiger partial charge in [-0.25, -0.2) is 4.79 Å². The van der Waals surface area contributed by atoms with Gasteiger partial charge < -0.3 is 15.2 Å². The zero-order chi connectivity index (χ0) is 17.8. The summed E-state index contributed by atoms with van der Waals surface area (Å²) in [5.41, 5.74) is 0.652. The molecule has 0 heterocycles. The maximum absolute atomic E-state index is 12.0. The van der Waals surface area contributed by atoms with Gasteiger partial charge in [-0.1, -0.05) is 31.2 Å². The third-order valence-electron chi connectivity index (χ3n) is 3.43. The average molecular weight is 321 g/mol. The average Bonchev–Trinajstić information content (AvgIpc) is 2.35. The topological polar surface area (TPSA) is 75.6 Å². The van der Waals surface area contributed by atoms with Crippen LogP contribution in [0.5, 0.6) is 0 Å². The van der Waals surface area contributed by atoms with E-state index in [1.165, 1.54) is 0 Å². The van der Waals surface area contributed by atoms with Gasteiger partial charge in [-0.15, -0.1) is 0 Å². The molecule has 0 fully saturated rings. The lowest BCUT2D eigenvalue weighted by Gasteiger charge is -2.29. The summed E-state index contributed by atoms with van der Waals surface area (Å²) in [5, 5.41) is 11.9. The highest BCUT2D eigenvalue weighted by Crippen LogP contribution is 2.23. The molecule has 5 nitrogen and oxygen atoms in total. The standard InChI is InChI=1S/C18H27NO4/c1-12(15(20)21)10-13-8-7-9-14(11-13)18(5,6)19-16(22)23-17(2,3)4/h7-9,11-12H,10H2,1-6H3,(H,19,22)(H,20,21). The Morgan fingerprint density at radius 3 is 2.35 bits per heavy atom. The molecule has 1 atom stereocenters. The minimum atomic E-state index is -0.818. The molecule has 0 bridgehead atoms. The van der Waals surface area contributed by atoms with Crippen molar-refractivity contribution in [2.75, 3.05) is 0 Å². The normalized spacial score (nSPS) is 13.3. The van der Waals surface area contributed by atoms with Crippen molar-refractivity contribution in [3.8, 4) is 0 Å². The van der Waals surface area contributed by atoms with Crippen molar-refractivity contribution >= 4 is 12.1 Å². The van der Waals surface area contributed by atoms with Crippen molar-refractivity contribution in [2.45, 2.75) is 59.1 Å². The third kappa shape index (κ3) is 6.30. The van der Waals surface area contributed by atoms with Crippen LogP contribution in [0.1, 0.15) is 52.7 Å². The van der Waals surface area contributed by atoms with Gasteiger partial charge in [0, 0.05) is 0 Å². The summed E-state index contributed by atoms with van der Waals surface area (Å²) >= 11 is 0. The Morgan fingerprint density at radius 2 is 1.83 bits per heavy atom. The Kier molecular flexibility index (Phi) is 5.81. The smallest absolute Gasteiger partial charge is 0.408 e. The number of carboxylic acid groups (broad SMARTS) is 1. The van der Waals surface area contributed by atoms with Crippen LogP contribution in [0.4, 0.5) is 4.79 Å². The highest BCUT2D eigenvalue weighted by molar-refractivity contribution is 5.70. The second-order valence-corrected chi connectivity index (χ2v) is 7.40. The van der Waals surface area contributed by atoms with Gasteiger partial charge in [0.05, 0.1) is 11.5 Å². The maximum atomic E-state index is 12.0. The molecule has 0 spiro atoms. The van der Waals surface area contributed by atoms with Crippen molar-refractivity contribution in [3.63, 3.8) is 0 Å². The molecule has 1 aromatic carbocycles. The zero-order valence-corrected chi connectivity index (χ0v) is 14.8. The molecule has 0 aromatic heterocycles. The number of alkyl carbamates (subject to hydrolysis) is 1. The molecule has 23 heavy (non-hydrogen) atoms. The van der Waals surface area contributed by atoms with Crippen molar-refractivity contribution in [1.29, 1.82) is 0 Å². The van der Waals surface area contributed by atoms with Gasteiger partial charge in [0.15, 0.2) is 0 Å². The molecule has 0 aliphatic carbocycles. The maximum Gasteiger partial charge on any atom is 0.408 e. The quantitative estimate of drug-likeness (QED) is 0.867. The number of carbonyl (C=O) groups excluding carboxylic acids is 1. The van der Waals surface area contributed by atoms with Crippen molar-refractivity contribution in [3.05, 3.63) is 35.4 Å². The fourth-order valence-corrected chi connectivity index (χ4v) is 2.16. The lowest BCUT2D eigenvalue weighted by atomic mass is 9.91. The molecule has 5 heteroatoms. The first-order chi connectivity index (χ1) is 10.4. The number of rotatable bonds is 5. The van der Waals surface area contributed by atoms with Crippen LogP contribution in [0.25, 0.3) is 0 Å². The van der Waals surface area contributed by atoms with E-state index >= 15 is 0 Å². The summed E-state index contributed by atoms with van der Waals surface area (Å²) in [6.07, 6.45) is -0.0297. The van der Waals surface area contributed by atoms with E-state index in [1.807, 2.05) is 58.9 Å². The van der Waals surface area contributed by atoms with E-state index in [0.29, 0.717) is 6.42 Å². The van der Waals surface area contributed by atoms with Crippen LogP contribution in [0.15, 0.2) is 24.3 Å². The summed E-state index contributed by atoms with van der Waals surface area (Å²) in [6, 6.07) is 7.60. The van der Waals surface area contributed by atoms with E-state index in [9.17, 15) is 9.59 Å². The molecule has 0 saturated carbocycles. The van der Waals surface area contributed by atoms with E-state index < -0.39 is 29.1 Å². The summed E-state index contributed by atoms with van der Waals surface area (Å²) in [7, 11) is 0. The molecule has 1 amide bonds. The number of aliphatic carboxylic acids is 1. The van der Waals surface area contributed by atoms with Gasteiger partial charge in [0.25, 0.3) is 0 Å². The Hall–Kier alpha value is -2.04. The Labute approximate surface area is 138 Å². The number of carboxylic acids is 1. The molecular formula is C18H27NO4. The number of hydrogen-bond acceptors (Lipinski definition) is 3. The molecule has 1 aromatic rings. The summed E-state index contributed by atoms with van der Waals surface area (Å²) < 4.78 is 5.29. The van der Waals surface area contributed by atoms with E-state index in [1.54, 1.807) is 6.92 Å². The third-order valence-corrected chi connectivity index (χ3v) is 3.43. The van der Waals surface area contributed by atoms with Gasteiger partial charge >= 0.3 is 12.1 Å². The van der Waals surface area contributed by atoms with Crippen molar-refractivity contribution < 1.29 is 19.4 Å². The van der Waals surface area contributed by atoms with Gasteiger partial charge in [-0.05, 0) is 52.2 Å². The first-order valence-electron chi connectivity index (χ1n) is 7.74. The number of nitrogens with one attached hydrogen (secondary N) is 1. The van der Waals surface area contributed by atoms with Crippen molar-refractivity contribution in [2.24, 2.45) is 5.92 Å². The number of ether oxygens (including phenoxy) is 1. The van der Waals surface area contributed by atoms with Crippen LogP contribution in [-0.4, -0.2) is 22.8 Å². The van der Waals surface area contributed by atoms with E-state index in [-0.39, 0.29) is 0 Å². The summed E-state index contributed by atoms with van der Waals surface area (Å²) in [4.78, 5) is 23.0. The van der Waals surface area contributed by atoms with Crippen LogP contribution in [0.2, 0.25) is 0 Å². The monoisotopic (exact) mass is 321 g/mol. The fourth-order valence-electron chi connectivity index (χ4n) is 2.16. The molecular weight excluding hydrogens is 294 g/mol. The SMILES string of the molecule is CC(Cc1cccc(C(C)(C)NC(=O)OC(C)(C)C)c1)C(=O)O. The van der Waals surface area contributed by atoms with Gasteiger partial charge in [-0.2, -0.15) is 0 Å². The lowest BCUT2D eigenvalue weighted by molar-refractivity contribution is -0.141. The Bertz CT molecular complexity index is 573. The van der Waals surface area contributed by atoms with Crippen LogP contribution in [-0.2, 0) is 21.5 Å². The van der Waals surface area contributed by atoms with Gasteiger partial charge in [0.2, 0.25) is 0 Å². The molecule has 1 rings (SSSR count). The molecule has 0 radical (unpaired) electrons. The molecule has 128 valence electrons. The van der Waals surface area contributed by atoms with Crippen LogP contribution in [0.3, 0.4) is 0 Å². The molecule has 0 saturated heterocycles. The van der Waals surface area contributed by atoms with Gasteiger partial charge in [0.1, 0.15) is 5.60 Å². The second-order valence-electron chi connectivity index (χ2n) is 7.40. The Morgan fingerprint density at radius 1 is 1.22 bits per heavy atom. The minimum Gasteiger partial charge on any atom is -0.481 e. The molecule has 0 aliphatic heterocycles. The van der Waals surface area contributed by atoms with Crippen LogP contribution >= 0.6 is 0 Å². The number of benzene rings is 1. The Balaban J connectivity index is 2.87. The fraction of sp³-hybridized carbons (Fsp3) is 0.556. The van der Waals surface area contributed by atoms with Crippen LogP contribution in [0, 0.1) is 5.92 Å². The highest BCUT2D eigenvalue weighted by atomic mass is 16.6. The van der Waals surface area contributed by atoms with E-state index in [4.69, 9.17) is 9.84 Å². The summed E-state index contributed by atoms with van der Waals surface area (Å²) in [5.74, 6) is -1.27. The van der Waals surface area contributed by atoms with Gasteiger partial charge in [-0.3, -0.25) is 4.79 Å². The lowest BCUT2D eigenvalue weighted by Crippen LogP contribution is -2.43. The molecule has 1 unspecified atom stereocenters.